The Morgan fingerprint density at radius 2 is 1.96 bits per heavy atom. The summed E-state index contributed by atoms with van der Waals surface area (Å²) in [6, 6.07) is 0. The molecule has 1 amide bonds. The maximum Gasteiger partial charge on any atom is 0.352 e. The smallest absolute Gasteiger partial charge is 0.352 e. The van der Waals surface area contributed by atoms with Crippen LogP contribution in [-0.2, 0) is 4.79 Å². The van der Waals surface area contributed by atoms with Crippen LogP contribution in [0.2, 0.25) is 0 Å². The van der Waals surface area contributed by atoms with Crippen molar-refractivity contribution >= 4 is 5.91 Å². The summed E-state index contributed by atoms with van der Waals surface area (Å²) in [7, 11) is 0. The van der Waals surface area contributed by atoms with Crippen LogP contribution in [0.4, 0.5) is 8.78 Å². The molecule has 2 heterocycles. The van der Waals surface area contributed by atoms with Crippen molar-refractivity contribution in [3.05, 3.63) is 11.8 Å². The van der Waals surface area contributed by atoms with Crippen LogP contribution >= 0.6 is 0 Å². The van der Waals surface area contributed by atoms with E-state index >= 15 is 0 Å². The number of alkyl halides is 2. The molecule has 1 saturated heterocycles. The highest BCUT2D eigenvalue weighted by atomic mass is 19.3. The lowest BCUT2D eigenvalue weighted by atomic mass is 9.74. The second-order valence-electron chi connectivity index (χ2n) is 7.53. The summed E-state index contributed by atoms with van der Waals surface area (Å²) >= 11 is 0. The number of hydrogen-bond donors (Lipinski definition) is 1. The van der Waals surface area contributed by atoms with E-state index in [1.54, 1.807) is 6.92 Å². The quantitative estimate of drug-likeness (QED) is 0.910. The van der Waals surface area contributed by atoms with Gasteiger partial charge >= 0.3 is 5.92 Å². The van der Waals surface area contributed by atoms with Crippen LogP contribution in [0.25, 0.3) is 0 Å². The molecule has 0 radical (unpaired) electrons. The fourth-order valence-corrected chi connectivity index (χ4v) is 4.08. The second-order valence-corrected chi connectivity index (χ2v) is 7.53. The van der Waals surface area contributed by atoms with Gasteiger partial charge in [-0.1, -0.05) is 0 Å². The Labute approximate surface area is 138 Å². The summed E-state index contributed by atoms with van der Waals surface area (Å²) in [4.78, 5) is 13.4. The number of likely N-dealkylation sites (tertiary alicyclic amines) is 1. The molecule has 1 aromatic rings. The summed E-state index contributed by atoms with van der Waals surface area (Å²) < 4.78 is 34.1. The fraction of sp³-hybridized carbons (Fsp3) is 0.812. The van der Waals surface area contributed by atoms with Gasteiger partial charge in [0.15, 0.2) is 0 Å². The molecule has 3 fully saturated rings. The highest BCUT2D eigenvalue weighted by Gasteiger charge is 2.64. The van der Waals surface area contributed by atoms with Crippen molar-refractivity contribution in [2.75, 3.05) is 13.1 Å². The third-order valence-electron chi connectivity index (χ3n) is 6.11. The van der Waals surface area contributed by atoms with E-state index in [1.165, 1.54) is 4.90 Å². The number of aliphatic hydroxyl groups is 1. The van der Waals surface area contributed by atoms with Crippen molar-refractivity contribution in [2.45, 2.75) is 62.9 Å². The number of amides is 1. The molecule has 1 spiro atoms. The molecule has 2 aliphatic carbocycles. The highest BCUT2D eigenvalue weighted by Crippen LogP contribution is 2.64. The van der Waals surface area contributed by atoms with Crippen LogP contribution in [0.3, 0.4) is 0 Å². The number of aryl methyl sites for hydroxylation is 1. The van der Waals surface area contributed by atoms with Gasteiger partial charge in [-0.15, -0.1) is 10.2 Å². The zero-order valence-electron chi connectivity index (χ0n) is 13.6. The van der Waals surface area contributed by atoms with Gasteiger partial charge in [-0.25, -0.2) is 0 Å². The SMILES string of the molecule is Cc1nnc(C2CC23CCN(C(=O)C(F)(F)C2(O)CCC2)CC3)o1. The zero-order chi connectivity index (χ0) is 17.2. The molecular weight excluding hydrogens is 320 g/mol. The summed E-state index contributed by atoms with van der Waals surface area (Å²) in [5, 5.41) is 17.8. The summed E-state index contributed by atoms with van der Waals surface area (Å²) in [6.45, 7) is 2.31. The van der Waals surface area contributed by atoms with Gasteiger partial charge < -0.3 is 14.4 Å². The molecule has 1 atom stereocenters. The molecular formula is C16H21F2N3O3. The molecule has 4 rings (SSSR count). The van der Waals surface area contributed by atoms with Crippen molar-refractivity contribution < 1.29 is 23.1 Å². The molecule has 1 unspecified atom stereocenters. The Bertz CT molecular complexity index is 663. The summed E-state index contributed by atoms with van der Waals surface area (Å²) in [6.07, 6.45) is 2.72. The van der Waals surface area contributed by atoms with E-state index in [4.69, 9.17) is 4.42 Å². The minimum atomic E-state index is -3.69. The monoisotopic (exact) mass is 341 g/mol. The Balaban J connectivity index is 1.39. The molecule has 3 aliphatic rings. The lowest BCUT2D eigenvalue weighted by Crippen LogP contribution is -2.62. The van der Waals surface area contributed by atoms with Crippen LogP contribution in [0, 0.1) is 12.3 Å². The summed E-state index contributed by atoms with van der Waals surface area (Å²) in [5.41, 5.74) is -2.15. The molecule has 0 aromatic carbocycles. The third-order valence-corrected chi connectivity index (χ3v) is 6.11. The number of aromatic nitrogens is 2. The zero-order valence-corrected chi connectivity index (χ0v) is 13.6. The van der Waals surface area contributed by atoms with Crippen LogP contribution in [-0.4, -0.2) is 50.7 Å². The van der Waals surface area contributed by atoms with Gasteiger partial charge in [0.2, 0.25) is 11.8 Å². The van der Waals surface area contributed by atoms with E-state index < -0.39 is 17.4 Å². The molecule has 0 bridgehead atoms. The van der Waals surface area contributed by atoms with Gasteiger partial charge in [0.05, 0.1) is 0 Å². The largest absolute Gasteiger partial charge is 0.425 e. The first-order valence-electron chi connectivity index (χ1n) is 8.47. The van der Waals surface area contributed by atoms with Crippen molar-refractivity contribution in [3.63, 3.8) is 0 Å². The van der Waals surface area contributed by atoms with E-state index in [9.17, 15) is 18.7 Å². The molecule has 6 nitrogen and oxygen atoms in total. The highest BCUT2D eigenvalue weighted by molar-refractivity contribution is 5.85. The number of piperidine rings is 1. The van der Waals surface area contributed by atoms with Gasteiger partial charge in [-0.3, -0.25) is 4.79 Å². The maximum absolute atomic E-state index is 14.3. The van der Waals surface area contributed by atoms with Crippen LogP contribution in [0.5, 0.6) is 0 Å². The minimum Gasteiger partial charge on any atom is -0.425 e. The minimum absolute atomic E-state index is 0.00158. The Morgan fingerprint density at radius 1 is 1.29 bits per heavy atom. The van der Waals surface area contributed by atoms with Crippen LogP contribution in [0.1, 0.15) is 56.2 Å². The lowest BCUT2D eigenvalue weighted by molar-refractivity contribution is -0.224. The average molecular weight is 341 g/mol. The second kappa shape index (κ2) is 4.97. The molecule has 132 valence electrons. The Kier molecular flexibility index (Phi) is 3.30. The van der Waals surface area contributed by atoms with E-state index in [0.717, 1.165) is 6.42 Å². The average Bonchev–Trinajstić information content (AvgIpc) is 3.04. The van der Waals surface area contributed by atoms with Crippen molar-refractivity contribution in [1.29, 1.82) is 0 Å². The van der Waals surface area contributed by atoms with E-state index in [2.05, 4.69) is 10.2 Å². The van der Waals surface area contributed by atoms with Crippen molar-refractivity contribution in [3.8, 4) is 0 Å². The van der Waals surface area contributed by atoms with Crippen LogP contribution < -0.4 is 0 Å². The number of rotatable bonds is 3. The first kappa shape index (κ1) is 15.9. The topological polar surface area (TPSA) is 79.5 Å². The maximum atomic E-state index is 14.3. The van der Waals surface area contributed by atoms with Gasteiger partial charge in [0.1, 0.15) is 5.60 Å². The standard InChI is InChI=1S/C16H21F2N3O3/c1-10-19-20-12(24-10)11-9-14(11)5-7-21(8-6-14)13(22)16(17,18)15(23)3-2-4-15/h11,23H,2-9H2,1H3. The number of halogens is 2. The van der Waals surface area contributed by atoms with E-state index in [0.29, 0.717) is 31.0 Å². The fourth-order valence-electron chi connectivity index (χ4n) is 4.08. The van der Waals surface area contributed by atoms with Gasteiger partial charge in [0, 0.05) is 25.9 Å². The normalized spacial score (nSPS) is 27.8. The number of nitrogens with zero attached hydrogens (tertiary/aromatic N) is 3. The lowest BCUT2D eigenvalue weighted by Gasteiger charge is -2.44. The molecule has 1 aliphatic heterocycles. The number of hydrogen-bond acceptors (Lipinski definition) is 5. The predicted molar refractivity (Wildman–Crippen MR) is 78.4 cm³/mol. The molecule has 2 saturated carbocycles. The summed E-state index contributed by atoms with van der Waals surface area (Å²) in [5.74, 6) is -3.62. The first-order valence-corrected chi connectivity index (χ1v) is 8.47. The molecule has 8 heteroatoms. The van der Waals surface area contributed by atoms with Gasteiger partial charge in [0.25, 0.3) is 5.91 Å². The predicted octanol–water partition coefficient (Wildman–Crippen LogP) is 2.02. The third kappa shape index (κ3) is 2.18. The van der Waals surface area contributed by atoms with Crippen LogP contribution in [0.15, 0.2) is 4.42 Å². The molecule has 1 aromatic heterocycles. The van der Waals surface area contributed by atoms with Gasteiger partial charge in [-0.05, 0) is 43.9 Å². The van der Waals surface area contributed by atoms with Crippen molar-refractivity contribution in [2.24, 2.45) is 5.41 Å². The Hall–Kier alpha value is -1.57. The first-order chi connectivity index (χ1) is 11.3. The van der Waals surface area contributed by atoms with E-state index in [-0.39, 0.29) is 37.3 Å². The number of carbonyl (C=O) groups is 1. The van der Waals surface area contributed by atoms with Gasteiger partial charge in [-0.2, -0.15) is 8.78 Å². The van der Waals surface area contributed by atoms with E-state index in [1.807, 2.05) is 0 Å². The molecule has 1 N–H and O–H groups in total. The number of carbonyl (C=O) groups excluding carboxylic acids is 1. The Morgan fingerprint density at radius 3 is 2.46 bits per heavy atom. The molecule has 24 heavy (non-hydrogen) atoms. The van der Waals surface area contributed by atoms with Crippen molar-refractivity contribution in [1.82, 2.24) is 15.1 Å².